The van der Waals surface area contributed by atoms with Gasteiger partial charge in [0.15, 0.2) is 12.2 Å². The summed E-state index contributed by atoms with van der Waals surface area (Å²) in [5, 5.41) is 35.0. The van der Waals surface area contributed by atoms with Crippen molar-refractivity contribution in [2.24, 2.45) is 0 Å². The van der Waals surface area contributed by atoms with Gasteiger partial charge < -0.3 is 35.9 Å². The number of hydrogen-bond acceptors (Lipinski definition) is 7. The third kappa shape index (κ3) is 4.04. The third-order valence-corrected chi connectivity index (χ3v) is 2.64. The van der Waals surface area contributed by atoms with E-state index in [1.54, 1.807) is 6.20 Å². The fourth-order valence-corrected chi connectivity index (χ4v) is 1.61. The zero-order chi connectivity index (χ0) is 13.0. The van der Waals surface area contributed by atoms with Crippen LogP contribution < -0.4 is 5.73 Å². The van der Waals surface area contributed by atoms with Gasteiger partial charge in [0.25, 0.3) is 0 Å². The highest BCUT2D eigenvalue weighted by Gasteiger charge is 2.41. The zero-order valence-electron chi connectivity index (χ0n) is 8.69. The number of rotatable bonds is 1. The highest BCUT2D eigenvalue weighted by atomic mass is 127. The molecule has 1 aromatic heterocycles. The minimum Gasteiger partial charge on any atom is -0.394 e. The van der Waals surface area contributed by atoms with Crippen LogP contribution in [-0.2, 0) is 4.74 Å². The normalized spacial score (nSPS) is 32.1. The van der Waals surface area contributed by atoms with Gasteiger partial charge >= 0.3 is 0 Å². The summed E-state index contributed by atoms with van der Waals surface area (Å²) >= 11 is 2.08. The van der Waals surface area contributed by atoms with Gasteiger partial charge in [-0.2, -0.15) is 0 Å². The molecule has 4 atom stereocenters. The van der Waals surface area contributed by atoms with Gasteiger partial charge in [0, 0.05) is 6.20 Å². The lowest BCUT2D eigenvalue weighted by Crippen LogP contribution is -2.33. The Morgan fingerprint density at radius 3 is 2.24 bits per heavy atom. The maximum absolute atomic E-state index is 8.93. The molecule has 9 heteroatoms. The standard InChI is InChI=1S/C5H10O5.C3H4IN3/c6-1-2-3(7)4(8)5(9)10-2;4-2-1-6-3(5)7-2/h2-9H,1H2;1H,(H3,5,6,7)/t2-,3-,4+,5?;/m1./s1. The van der Waals surface area contributed by atoms with E-state index >= 15 is 0 Å². The number of aliphatic hydroxyl groups excluding tert-OH is 4. The summed E-state index contributed by atoms with van der Waals surface area (Å²) in [7, 11) is 0. The lowest BCUT2D eigenvalue weighted by Gasteiger charge is -2.09. The van der Waals surface area contributed by atoms with Gasteiger partial charge in [0.2, 0.25) is 0 Å². The molecule has 0 saturated carbocycles. The maximum Gasteiger partial charge on any atom is 0.198 e. The van der Waals surface area contributed by atoms with Gasteiger partial charge in [-0.05, 0) is 22.6 Å². The molecule has 1 aliphatic heterocycles. The van der Waals surface area contributed by atoms with Crippen molar-refractivity contribution in [2.75, 3.05) is 12.3 Å². The molecule has 0 aromatic carbocycles. The van der Waals surface area contributed by atoms with Crippen molar-refractivity contribution in [3.63, 3.8) is 0 Å². The summed E-state index contributed by atoms with van der Waals surface area (Å²) in [5.74, 6) is 0.476. The van der Waals surface area contributed by atoms with Crippen molar-refractivity contribution < 1.29 is 25.2 Å². The van der Waals surface area contributed by atoms with E-state index in [4.69, 9.17) is 26.2 Å². The van der Waals surface area contributed by atoms with Crippen LogP contribution in [0, 0.1) is 3.70 Å². The molecule has 98 valence electrons. The predicted octanol–water partition coefficient (Wildman–Crippen LogP) is -1.99. The molecule has 7 N–H and O–H groups in total. The van der Waals surface area contributed by atoms with Gasteiger partial charge in [-0.15, -0.1) is 0 Å². The van der Waals surface area contributed by atoms with Crippen LogP contribution in [-0.4, -0.2) is 61.6 Å². The van der Waals surface area contributed by atoms with Crippen LogP contribution in [0.4, 0.5) is 5.95 Å². The Hall–Kier alpha value is -0.460. The molecule has 1 unspecified atom stereocenters. The van der Waals surface area contributed by atoms with Crippen LogP contribution in [0.15, 0.2) is 6.20 Å². The molecule has 0 radical (unpaired) electrons. The molecule has 1 saturated heterocycles. The Morgan fingerprint density at radius 1 is 1.41 bits per heavy atom. The molecular weight excluding hydrogens is 345 g/mol. The Labute approximate surface area is 111 Å². The lowest BCUT2D eigenvalue weighted by molar-refractivity contribution is -0.132. The van der Waals surface area contributed by atoms with E-state index in [-0.39, 0.29) is 0 Å². The first-order valence-electron chi connectivity index (χ1n) is 4.72. The van der Waals surface area contributed by atoms with Crippen molar-refractivity contribution in [1.82, 2.24) is 9.97 Å². The Morgan fingerprint density at radius 2 is 2.06 bits per heavy atom. The molecule has 1 aromatic rings. The molecule has 2 heterocycles. The number of aromatic nitrogens is 2. The van der Waals surface area contributed by atoms with Crippen molar-refractivity contribution in [3.8, 4) is 0 Å². The van der Waals surface area contributed by atoms with Gasteiger partial charge in [0.1, 0.15) is 22.0 Å². The van der Waals surface area contributed by atoms with Crippen LogP contribution in [0.5, 0.6) is 0 Å². The van der Waals surface area contributed by atoms with Crippen molar-refractivity contribution in [2.45, 2.75) is 24.6 Å². The van der Waals surface area contributed by atoms with Crippen LogP contribution >= 0.6 is 22.6 Å². The number of aromatic amines is 1. The first-order chi connectivity index (χ1) is 7.95. The molecule has 0 aliphatic carbocycles. The van der Waals surface area contributed by atoms with E-state index in [1.807, 2.05) is 0 Å². The number of ether oxygens (including phenoxy) is 1. The van der Waals surface area contributed by atoms with E-state index in [1.165, 1.54) is 0 Å². The van der Waals surface area contributed by atoms with Gasteiger partial charge in [-0.25, -0.2) is 4.98 Å². The largest absolute Gasteiger partial charge is 0.394 e. The summed E-state index contributed by atoms with van der Waals surface area (Å²) in [4.78, 5) is 6.55. The van der Waals surface area contributed by atoms with Gasteiger partial charge in [-0.1, -0.05) is 0 Å². The maximum atomic E-state index is 8.93. The number of nitrogens with zero attached hydrogens (tertiary/aromatic N) is 1. The molecule has 0 bridgehead atoms. The van der Waals surface area contributed by atoms with Crippen molar-refractivity contribution >= 4 is 28.5 Å². The second-order valence-electron chi connectivity index (χ2n) is 3.34. The number of anilines is 1. The quantitative estimate of drug-likeness (QED) is 0.319. The Balaban J connectivity index is 0.000000181. The summed E-state index contributed by atoms with van der Waals surface area (Å²) in [5.41, 5.74) is 5.21. The predicted molar refractivity (Wildman–Crippen MR) is 65.7 cm³/mol. The first-order valence-corrected chi connectivity index (χ1v) is 5.80. The minimum atomic E-state index is -1.38. The van der Waals surface area contributed by atoms with Crippen LogP contribution in [0.25, 0.3) is 0 Å². The number of H-pyrrole nitrogens is 1. The SMILES string of the molecule is Nc1nc(I)c[nH]1.OC[C@H]1OC(O)[C@@H](O)[C@@H]1O. The molecule has 8 nitrogen and oxygen atoms in total. The summed E-state index contributed by atoms with van der Waals surface area (Å²) in [6, 6.07) is 0. The second kappa shape index (κ2) is 6.47. The third-order valence-electron chi connectivity index (χ3n) is 2.08. The zero-order valence-corrected chi connectivity index (χ0v) is 10.9. The number of nitrogens with one attached hydrogen (secondary N) is 1. The summed E-state index contributed by atoms with van der Waals surface area (Å²) in [6.45, 7) is -0.407. The summed E-state index contributed by atoms with van der Waals surface area (Å²) < 4.78 is 5.44. The lowest BCUT2D eigenvalue weighted by atomic mass is 10.1. The first kappa shape index (κ1) is 14.6. The monoisotopic (exact) mass is 359 g/mol. The second-order valence-corrected chi connectivity index (χ2v) is 4.44. The number of aliphatic hydroxyl groups is 4. The fourth-order valence-electron chi connectivity index (χ4n) is 1.19. The van der Waals surface area contributed by atoms with E-state index in [9.17, 15) is 0 Å². The van der Waals surface area contributed by atoms with E-state index < -0.39 is 31.2 Å². The molecule has 0 amide bonds. The smallest absolute Gasteiger partial charge is 0.198 e. The van der Waals surface area contributed by atoms with Gasteiger partial charge in [0.05, 0.1) is 6.61 Å². The molecule has 1 fully saturated rings. The van der Waals surface area contributed by atoms with Crippen LogP contribution in [0.3, 0.4) is 0 Å². The highest BCUT2D eigenvalue weighted by Crippen LogP contribution is 2.18. The minimum absolute atomic E-state index is 0.407. The molecular formula is C8H14IN3O5. The van der Waals surface area contributed by atoms with E-state index in [0.29, 0.717) is 5.95 Å². The number of nitrogens with two attached hydrogens (primary N) is 1. The van der Waals surface area contributed by atoms with Crippen LogP contribution in [0.2, 0.25) is 0 Å². The number of halogens is 1. The average Bonchev–Trinajstić information content (AvgIpc) is 2.78. The number of hydrogen-bond donors (Lipinski definition) is 6. The Bertz CT molecular complexity index is 333. The van der Waals surface area contributed by atoms with E-state index in [0.717, 1.165) is 3.70 Å². The molecule has 1 aliphatic rings. The van der Waals surface area contributed by atoms with Crippen molar-refractivity contribution in [3.05, 3.63) is 9.90 Å². The molecule has 2 rings (SSSR count). The average molecular weight is 359 g/mol. The van der Waals surface area contributed by atoms with E-state index in [2.05, 4.69) is 37.3 Å². The number of imidazole rings is 1. The summed E-state index contributed by atoms with van der Waals surface area (Å²) in [6.07, 6.45) is -3.01. The Kier molecular flexibility index (Phi) is 5.55. The highest BCUT2D eigenvalue weighted by molar-refractivity contribution is 14.1. The topological polar surface area (TPSA) is 145 Å². The molecule has 0 spiro atoms. The van der Waals surface area contributed by atoms with Gasteiger partial charge in [-0.3, -0.25) is 0 Å². The molecule has 17 heavy (non-hydrogen) atoms. The van der Waals surface area contributed by atoms with Crippen molar-refractivity contribution in [1.29, 1.82) is 0 Å². The number of nitrogen functional groups attached to an aromatic ring is 1. The van der Waals surface area contributed by atoms with Crippen LogP contribution in [0.1, 0.15) is 0 Å². The fraction of sp³-hybridized carbons (Fsp3) is 0.625.